The van der Waals surface area contributed by atoms with Gasteiger partial charge in [-0.1, -0.05) is 19.3 Å². The summed E-state index contributed by atoms with van der Waals surface area (Å²) in [5.41, 5.74) is 1.62. The molecule has 23 heavy (non-hydrogen) atoms. The minimum absolute atomic E-state index is 0.0885. The Morgan fingerprint density at radius 1 is 1.17 bits per heavy atom. The van der Waals surface area contributed by atoms with Crippen LogP contribution in [0.2, 0.25) is 0 Å². The molecule has 1 aromatic rings. The summed E-state index contributed by atoms with van der Waals surface area (Å²) in [5.74, 6) is 0.839. The van der Waals surface area contributed by atoms with Crippen LogP contribution in [-0.2, 0) is 17.6 Å². The first-order valence-corrected chi connectivity index (χ1v) is 8.87. The molecule has 1 heterocycles. The SMILES string of the molecule is CNc1nc(C2CCCCC2(C)C(=O)O)nc2c1CCCCC2. The maximum absolute atomic E-state index is 11.9. The summed E-state index contributed by atoms with van der Waals surface area (Å²) in [5, 5.41) is 13.0. The van der Waals surface area contributed by atoms with Gasteiger partial charge in [-0.3, -0.25) is 4.79 Å². The van der Waals surface area contributed by atoms with Crippen molar-refractivity contribution in [3.05, 3.63) is 17.1 Å². The molecule has 5 nitrogen and oxygen atoms in total. The number of carboxylic acid groups (broad SMARTS) is 1. The number of hydrogen-bond donors (Lipinski definition) is 2. The Hall–Kier alpha value is -1.65. The van der Waals surface area contributed by atoms with Gasteiger partial charge < -0.3 is 10.4 Å². The molecule has 0 aliphatic heterocycles. The Kier molecular flexibility index (Phi) is 4.55. The molecule has 5 heteroatoms. The van der Waals surface area contributed by atoms with Crippen LogP contribution < -0.4 is 5.32 Å². The molecular formula is C18H27N3O2. The molecule has 1 saturated carbocycles. The number of anilines is 1. The van der Waals surface area contributed by atoms with Gasteiger partial charge in [-0.25, -0.2) is 9.97 Å². The zero-order chi connectivity index (χ0) is 16.4. The highest BCUT2D eigenvalue weighted by molar-refractivity contribution is 5.75. The van der Waals surface area contributed by atoms with Crippen molar-refractivity contribution in [3.63, 3.8) is 0 Å². The highest BCUT2D eigenvalue weighted by atomic mass is 16.4. The van der Waals surface area contributed by atoms with Crippen LogP contribution in [0.1, 0.15) is 74.9 Å². The molecule has 2 aliphatic rings. The molecule has 1 aromatic heterocycles. The largest absolute Gasteiger partial charge is 0.481 e. The van der Waals surface area contributed by atoms with Gasteiger partial charge in [0, 0.05) is 24.2 Å². The number of nitrogens with zero attached hydrogens (tertiary/aromatic N) is 2. The number of hydrogen-bond acceptors (Lipinski definition) is 4. The van der Waals surface area contributed by atoms with Crippen molar-refractivity contribution in [1.29, 1.82) is 0 Å². The Balaban J connectivity index is 2.05. The predicted molar refractivity (Wildman–Crippen MR) is 89.8 cm³/mol. The van der Waals surface area contributed by atoms with Crippen molar-refractivity contribution in [3.8, 4) is 0 Å². The maximum atomic E-state index is 11.9. The second-order valence-electron chi connectivity index (χ2n) is 7.19. The molecular weight excluding hydrogens is 290 g/mol. The van der Waals surface area contributed by atoms with E-state index in [2.05, 4.69) is 5.32 Å². The van der Waals surface area contributed by atoms with Crippen LogP contribution in [0.5, 0.6) is 0 Å². The fraction of sp³-hybridized carbons (Fsp3) is 0.722. The molecule has 2 aliphatic carbocycles. The first-order chi connectivity index (χ1) is 11.1. The zero-order valence-electron chi connectivity index (χ0n) is 14.2. The molecule has 2 N–H and O–H groups in total. The number of nitrogens with one attached hydrogen (secondary N) is 1. The molecule has 126 valence electrons. The highest BCUT2D eigenvalue weighted by Gasteiger charge is 2.45. The van der Waals surface area contributed by atoms with Crippen molar-refractivity contribution < 1.29 is 9.90 Å². The lowest BCUT2D eigenvalue weighted by atomic mass is 9.67. The second kappa shape index (κ2) is 6.46. The minimum Gasteiger partial charge on any atom is -0.481 e. The average molecular weight is 317 g/mol. The predicted octanol–water partition coefficient (Wildman–Crippen LogP) is 3.54. The van der Waals surface area contributed by atoms with E-state index in [1.54, 1.807) is 0 Å². The van der Waals surface area contributed by atoms with Gasteiger partial charge in [-0.15, -0.1) is 0 Å². The van der Waals surface area contributed by atoms with E-state index in [1.807, 2.05) is 14.0 Å². The number of aromatic nitrogens is 2. The van der Waals surface area contributed by atoms with E-state index in [0.717, 1.165) is 55.9 Å². The quantitative estimate of drug-likeness (QED) is 0.834. The number of aliphatic carboxylic acids is 1. The minimum atomic E-state index is -0.748. The highest BCUT2D eigenvalue weighted by Crippen LogP contribution is 2.46. The normalized spacial score (nSPS) is 27.8. The lowest BCUT2D eigenvalue weighted by molar-refractivity contribution is -0.151. The molecule has 0 spiro atoms. The summed E-state index contributed by atoms with van der Waals surface area (Å²) in [6, 6.07) is 0. The van der Waals surface area contributed by atoms with Crippen LogP contribution in [0.4, 0.5) is 5.82 Å². The molecule has 2 unspecified atom stereocenters. The van der Waals surface area contributed by atoms with Gasteiger partial charge in [0.25, 0.3) is 0 Å². The molecule has 0 amide bonds. The van der Waals surface area contributed by atoms with Crippen molar-refractivity contribution >= 4 is 11.8 Å². The Labute approximate surface area is 137 Å². The van der Waals surface area contributed by atoms with Crippen LogP contribution in [0.15, 0.2) is 0 Å². The van der Waals surface area contributed by atoms with Crippen molar-refractivity contribution in [2.75, 3.05) is 12.4 Å². The van der Waals surface area contributed by atoms with E-state index in [9.17, 15) is 9.90 Å². The maximum Gasteiger partial charge on any atom is 0.310 e. The van der Waals surface area contributed by atoms with Crippen LogP contribution in [0.3, 0.4) is 0 Å². The van der Waals surface area contributed by atoms with Crippen LogP contribution in [0.25, 0.3) is 0 Å². The molecule has 2 atom stereocenters. The number of fused-ring (bicyclic) bond motifs is 1. The Morgan fingerprint density at radius 3 is 2.70 bits per heavy atom. The summed E-state index contributed by atoms with van der Waals surface area (Å²) in [4.78, 5) is 21.5. The number of carbonyl (C=O) groups is 1. The fourth-order valence-corrected chi connectivity index (χ4v) is 4.16. The van der Waals surface area contributed by atoms with Crippen molar-refractivity contribution in [2.24, 2.45) is 5.41 Å². The standard InChI is InChI=1S/C18H27N3O2/c1-18(17(22)23)11-7-6-9-13(18)16-20-14-10-5-3-4-8-12(14)15(19-2)21-16/h13H,3-11H2,1-2H3,(H,22,23)(H,19,20,21). The third kappa shape index (κ3) is 2.93. The number of rotatable bonds is 3. The number of carboxylic acids is 1. The first-order valence-electron chi connectivity index (χ1n) is 8.87. The molecule has 1 fully saturated rings. The van der Waals surface area contributed by atoms with Crippen LogP contribution in [0, 0.1) is 5.41 Å². The monoisotopic (exact) mass is 317 g/mol. The van der Waals surface area contributed by atoms with Gasteiger partial charge >= 0.3 is 5.97 Å². The third-order valence-electron chi connectivity index (χ3n) is 5.70. The molecule has 0 radical (unpaired) electrons. The lowest BCUT2D eigenvalue weighted by Crippen LogP contribution is -2.38. The molecule has 0 aromatic carbocycles. The van der Waals surface area contributed by atoms with E-state index >= 15 is 0 Å². The lowest BCUT2D eigenvalue weighted by Gasteiger charge is -2.37. The smallest absolute Gasteiger partial charge is 0.310 e. The summed E-state index contributed by atoms with van der Waals surface area (Å²) < 4.78 is 0. The summed E-state index contributed by atoms with van der Waals surface area (Å²) in [6.45, 7) is 1.87. The second-order valence-corrected chi connectivity index (χ2v) is 7.19. The van der Waals surface area contributed by atoms with Crippen LogP contribution >= 0.6 is 0 Å². The Morgan fingerprint density at radius 2 is 1.96 bits per heavy atom. The third-order valence-corrected chi connectivity index (χ3v) is 5.70. The van der Waals surface area contributed by atoms with Crippen molar-refractivity contribution in [1.82, 2.24) is 9.97 Å². The van der Waals surface area contributed by atoms with E-state index in [-0.39, 0.29) is 5.92 Å². The van der Waals surface area contributed by atoms with E-state index in [4.69, 9.17) is 9.97 Å². The van der Waals surface area contributed by atoms with Crippen molar-refractivity contribution in [2.45, 2.75) is 70.6 Å². The van der Waals surface area contributed by atoms with E-state index in [1.165, 1.54) is 18.4 Å². The summed E-state index contributed by atoms with van der Waals surface area (Å²) in [7, 11) is 1.90. The molecule has 0 saturated heterocycles. The molecule has 3 rings (SSSR count). The van der Waals surface area contributed by atoms with Gasteiger partial charge in [0.05, 0.1) is 5.41 Å². The summed E-state index contributed by atoms with van der Waals surface area (Å²) >= 11 is 0. The Bertz CT molecular complexity index is 602. The first kappa shape index (κ1) is 16.2. The zero-order valence-corrected chi connectivity index (χ0v) is 14.2. The van der Waals surface area contributed by atoms with E-state index < -0.39 is 11.4 Å². The molecule has 0 bridgehead atoms. The van der Waals surface area contributed by atoms with E-state index in [0.29, 0.717) is 6.42 Å². The summed E-state index contributed by atoms with van der Waals surface area (Å²) in [6.07, 6.45) is 9.18. The average Bonchev–Trinajstić information content (AvgIpc) is 2.79. The van der Waals surface area contributed by atoms with Gasteiger partial charge in [0.15, 0.2) is 0 Å². The van der Waals surface area contributed by atoms with Gasteiger partial charge in [-0.2, -0.15) is 0 Å². The van der Waals surface area contributed by atoms with Crippen LogP contribution in [-0.4, -0.2) is 28.1 Å². The van der Waals surface area contributed by atoms with Gasteiger partial charge in [0.1, 0.15) is 11.6 Å². The fourth-order valence-electron chi connectivity index (χ4n) is 4.16. The topological polar surface area (TPSA) is 75.1 Å². The van der Waals surface area contributed by atoms with Gasteiger partial charge in [0.2, 0.25) is 0 Å². The van der Waals surface area contributed by atoms with Gasteiger partial charge in [-0.05, 0) is 45.4 Å². The number of aryl methyl sites for hydroxylation is 1.